The quantitative estimate of drug-likeness (QED) is 0.768. The molecule has 0 unspecified atom stereocenters. The van der Waals surface area contributed by atoms with Gasteiger partial charge in [-0.1, -0.05) is 42.5 Å². The van der Waals surface area contributed by atoms with Crippen molar-refractivity contribution in [1.82, 2.24) is 0 Å². The van der Waals surface area contributed by atoms with Crippen molar-refractivity contribution in [3.63, 3.8) is 0 Å². The van der Waals surface area contributed by atoms with Crippen molar-refractivity contribution in [3.05, 3.63) is 65.7 Å². The lowest BCUT2D eigenvalue weighted by Crippen LogP contribution is -2.21. The number of aromatic hydroxyl groups is 1. The molecule has 0 aliphatic rings. The second kappa shape index (κ2) is 7.98. The Balaban J connectivity index is 1.89. The van der Waals surface area contributed by atoms with E-state index >= 15 is 0 Å². The van der Waals surface area contributed by atoms with Crippen molar-refractivity contribution in [2.24, 2.45) is 5.92 Å². The van der Waals surface area contributed by atoms with Crippen LogP contribution in [0.3, 0.4) is 0 Å². The molecule has 0 heterocycles. The van der Waals surface area contributed by atoms with Gasteiger partial charge in [0.05, 0.1) is 12.3 Å². The van der Waals surface area contributed by atoms with Crippen molar-refractivity contribution >= 4 is 11.9 Å². The zero-order valence-electron chi connectivity index (χ0n) is 12.5. The number of esters is 1. The first-order valence-corrected chi connectivity index (χ1v) is 7.25. The summed E-state index contributed by atoms with van der Waals surface area (Å²) < 4.78 is 5.12. The number of carboxylic acids is 1. The summed E-state index contributed by atoms with van der Waals surface area (Å²) in [6, 6.07) is 15.5. The van der Waals surface area contributed by atoms with E-state index in [-0.39, 0.29) is 25.2 Å². The smallest absolute Gasteiger partial charge is 0.307 e. The Labute approximate surface area is 134 Å². The van der Waals surface area contributed by atoms with Gasteiger partial charge in [-0.25, -0.2) is 0 Å². The van der Waals surface area contributed by atoms with Crippen LogP contribution in [0.15, 0.2) is 54.6 Å². The summed E-state index contributed by atoms with van der Waals surface area (Å²) in [6.07, 6.45) is 0.0130. The minimum absolute atomic E-state index is 0.114. The summed E-state index contributed by atoms with van der Waals surface area (Å²) in [4.78, 5) is 23.2. The minimum atomic E-state index is -1.05. The Morgan fingerprint density at radius 2 is 1.61 bits per heavy atom. The van der Waals surface area contributed by atoms with Crippen LogP contribution >= 0.6 is 0 Å². The summed E-state index contributed by atoms with van der Waals surface area (Å²) in [5, 5.41) is 18.5. The monoisotopic (exact) mass is 314 g/mol. The fourth-order valence-corrected chi connectivity index (χ4v) is 2.16. The average molecular weight is 314 g/mol. The lowest BCUT2D eigenvalue weighted by Gasteiger charge is -2.12. The molecule has 1 atom stereocenters. The standard InChI is InChI=1S/C18H18O5/c19-16-8-6-13(7-9-16)10-15(18(21)22)11-17(20)23-12-14-4-2-1-3-5-14/h1-9,15,19H,10-12H2,(H,21,22)/t15-/m1/s1. The minimum Gasteiger partial charge on any atom is -0.508 e. The molecule has 0 radical (unpaired) electrons. The SMILES string of the molecule is O=C(C[C@@H](Cc1ccc(O)cc1)C(=O)O)OCc1ccccc1. The highest BCUT2D eigenvalue weighted by molar-refractivity contribution is 5.79. The van der Waals surface area contributed by atoms with Gasteiger partial charge in [0.2, 0.25) is 0 Å². The van der Waals surface area contributed by atoms with Gasteiger partial charge in [-0.15, -0.1) is 0 Å². The van der Waals surface area contributed by atoms with Gasteiger partial charge in [0.1, 0.15) is 12.4 Å². The molecule has 2 rings (SSSR count). The predicted molar refractivity (Wildman–Crippen MR) is 83.8 cm³/mol. The van der Waals surface area contributed by atoms with E-state index in [1.54, 1.807) is 12.1 Å². The second-order valence-electron chi connectivity index (χ2n) is 5.26. The number of aliphatic carboxylic acids is 1. The first kappa shape index (κ1) is 16.5. The van der Waals surface area contributed by atoms with Crippen LogP contribution in [0.5, 0.6) is 5.75 Å². The molecule has 0 saturated heterocycles. The van der Waals surface area contributed by atoms with Crippen molar-refractivity contribution in [1.29, 1.82) is 0 Å². The molecule has 0 spiro atoms. The highest BCUT2D eigenvalue weighted by atomic mass is 16.5. The molecule has 0 aliphatic heterocycles. The molecule has 5 nitrogen and oxygen atoms in total. The van der Waals surface area contributed by atoms with E-state index in [0.29, 0.717) is 0 Å². The average Bonchev–Trinajstić information content (AvgIpc) is 2.55. The van der Waals surface area contributed by atoms with E-state index in [9.17, 15) is 19.8 Å². The van der Waals surface area contributed by atoms with Crippen LogP contribution in [0, 0.1) is 5.92 Å². The number of phenolic OH excluding ortho intramolecular Hbond substituents is 1. The molecule has 120 valence electrons. The molecule has 2 N–H and O–H groups in total. The van der Waals surface area contributed by atoms with E-state index in [1.165, 1.54) is 12.1 Å². The van der Waals surface area contributed by atoms with E-state index in [1.807, 2.05) is 30.3 Å². The van der Waals surface area contributed by atoms with Crippen LogP contribution in [0.1, 0.15) is 17.5 Å². The highest BCUT2D eigenvalue weighted by Crippen LogP contribution is 2.17. The Morgan fingerprint density at radius 3 is 2.22 bits per heavy atom. The topological polar surface area (TPSA) is 83.8 Å². The maximum atomic E-state index is 11.9. The number of hydrogen-bond acceptors (Lipinski definition) is 4. The third-order valence-corrected chi connectivity index (χ3v) is 3.42. The van der Waals surface area contributed by atoms with Gasteiger partial charge in [0, 0.05) is 0 Å². The van der Waals surface area contributed by atoms with E-state index in [2.05, 4.69) is 0 Å². The van der Waals surface area contributed by atoms with Gasteiger partial charge >= 0.3 is 11.9 Å². The summed E-state index contributed by atoms with van der Waals surface area (Å²) in [5.41, 5.74) is 1.59. The van der Waals surface area contributed by atoms with E-state index in [0.717, 1.165) is 11.1 Å². The summed E-state index contributed by atoms with van der Waals surface area (Å²) in [6.45, 7) is 0.130. The second-order valence-corrected chi connectivity index (χ2v) is 5.26. The Bertz CT molecular complexity index is 649. The Morgan fingerprint density at radius 1 is 0.957 bits per heavy atom. The fraction of sp³-hybridized carbons (Fsp3) is 0.222. The number of carboxylic acid groups (broad SMARTS) is 1. The van der Waals surface area contributed by atoms with Gasteiger partial charge in [-0.05, 0) is 29.7 Å². The lowest BCUT2D eigenvalue weighted by atomic mass is 9.96. The molecule has 0 bridgehead atoms. The number of phenols is 1. The van der Waals surface area contributed by atoms with Crippen molar-refractivity contribution in [3.8, 4) is 5.75 Å². The Kier molecular flexibility index (Phi) is 5.74. The van der Waals surface area contributed by atoms with Crippen LogP contribution in [0.4, 0.5) is 0 Å². The van der Waals surface area contributed by atoms with Gasteiger partial charge in [-0.3, -0.25) is 9.59 Å². The molecule has 0 amide bonds. The van der Waals surface area contributed by atoms with Crippen LogP contribution in [-0.2, 0) is 27.4 Å². The molecule has 23 heavy (non-hydrogen) atoms. The number of carbonyl (C=O) groups is 2. The number of benzene rings is 2. The fourth-order valence-electron chi connectivity index (χ4n) is 2.16. The number of rotatable bonds is 7. The highest BCUT2D eigenvalue weighted by Gasteiger charge is 2.22. The third-order valence-electron chi connectivity index (χ3n) is 3.42. The van der Waals surface area contributed by atoms with Gasteiger partial charge in [0.15, 0.2) is 0 Å². The van der Waals surface area contributed by atoms with Crippen LogP contribution in [0.25, 0.3) is 0 Å². The molecule has 0 aromatic heterocycles. The molecule has 5 heteroatoms. The van der Waals surface area contributed by atoms with Crippen molar-refractivity contribution in [2.45, 2.75) is 19.4 Å². The maximum Gasteiger partial charge on any atom is 0.307 e. The van der Waals surface area contributed by atoms with Crippen molar-refractivity contribution < 1.29 is 24.5 Å². The lowest BCUT2D eigenvalue weighted by molar-refractivity contribution is -0.152. The number of carbonyl (C=O) groups excluding carboxylic acids is 1. The molecule has 2 aromatic carbocycles. The maximum absolute atomic E-state index is 11.9. The molecular formula is C18H18O5. The van der Waals surface area contributed by atoms with E-state index < -0.39 is 17.9 Å². The summed E-state index contributed by atoms with van der Waals surface area (Å²) in [7, 11) is 0. The molecular weight excluding hydrogens is 296 g/mol. The number of ether oxygens (including phenoxy) is 1. The molecule has 2 aromatic rings. The van der Waals surface area contributed by atoms with Gasteiger partial charge in [-0.2, -0.15) is 0 Å². The first-order chi connectivity index (χ1) is 11.0. The van der Waals surface area contributed by atoms with Gasteiger partial charge < -0.3 is 14.9 Å². The van der Waals surface area contributed by atoms with Crippen molar-refractivity contribution in [2.75, 3.05) is 0 Å². The molecule has 0 aliphatic carbocycles. The number of hydrogen-bond donors (Lipinski definition) is 2. The van der Waals surface area contributed by atoms with Crippen LogP contribution in [-0.4, -0.2) is 22.2 Å². The normalized spacial score (nSPS) is 11.7. The van der Waals surface area contributed by atoms with E-state index in [4.69, 9.17) is 4.74 Å². The predicted octanol–water partition coefficient (Wildman–Crippen LogP) is 2.77. The zero-order valence-corrected chi connectivity index (χ0v) is 12.5. The molecule has 0 saturated carbocycles. The third kappa shape index (κ3) is 5.47. The largest absolute Gasteiger partial charge is 0.508 e. The first-order valence-electron chi connectivity index (χ1n) is 7.25. The van der Waals surface area contributed by atoms with Gasteiger partial charge in [0.25, 0.3) is 0 Å². The zero-order chi connectivity index (χ0) is 16.7. The van der Waals surface area contributed by atoms with Crippen LogP contribution < -0.4 is 0 Å². The summed E-state index contributed by atoms with van der Waals surface area (Å²) >= 11 is 0. The summed E-state index contributed by atoms with van der Waals surface area (Å²) in [5.74, 6) is -2.33. The Hall–Kier alpha value is -2.82. The van der Waals surface area contributed by atoms with Crippen LogP contribution in [0.2, 0.25) is 0 Å². The molecule has 0 fully saturated rings.